The number of hydrogen-bond acceptors (Lipinski definition) is 3. The summed E-state index contributed by atoms with van der Waals surface area (Å²) in [5.41, 5.74) is 5.58. The molecule has 0 aliphatic heterocycles. The fraction of sp³-hybridized carbons (Fsp3) is 0.435. The van der Waals surface area contributed by atoms with E-state index < -0.39 is 12.0 Å². The van der Waals surface area contributed by atoms with E-state index in [1.807, 2.05) is 33.8 Å². The first-order chi connectivity index (χ1) is 12.8. The van der Waals surface area contributed by atoms with Crippen LogP contribution in [0.5, 0.6) is 5.75 Å². The van der Waals surface area contributed by atoms with Crippen molar-refractivity contribution in [2.45, 2.75) is 60.2 Å². The number of aryl methyl sites for hydroxylation is 3. The van der Waals surface area contributed by atoms with Crippen LogP contribution in [-0.4, -0.2) is 17.1 Å². The Morgan fingerprint density at radius 2 is 1.74 bits per heavy atom. The van der Waals surface area contributed by atoms with Crippen molar-refractivity contribution in [2.75, 3.05) is 0 Å². The maximum Gasteiger partial charge on any atom is 0.320 e. The molecule has 2 aromatic carbocycles. The van der Waals surface area contributed by atoms with Gasteiger partial charge in [-0.1, -0.05) is 55.8 Å². The van der Waals surface area contributed by atoms with Crippen molar-refractivity contribution in [1.82, 2.24) is 5.32 Å². The summed E-state index contributed by atoms with van der Waals surface area (Å²) in [6, 6.07) is 11.9. The molecule has 0 spiro atoms. The molecule has 2 rings (SSSR count). The molecule has 2 aromatic rings. The quantitative estimate of drug-likeness (QED) is 0.668. The molecule has 0 amide bonds. The number of carboxylic acid groups (broad SMARTS) is 1. The van der Waals surface area contributed by atoms with Gasteiger partial charge in [0, 0.05) is 6.54 Å². The van der Waals surface area contributed by atoms with Crippen LogP contribution in [0.15, 0.2) is 36.4 Å². The van der Waals surface area contributed by atoms with Crippen molar-refractivity contribution in [3.8, 4) is 5.75 Å². The third-order valence-corrected chi connectivity index (χ3v) is 4.54. The Balaban J connectivity index is 2.04. The van der Waals surface area contributed by atoms with Crippen molar-refractivity contribution in [3.05, 3.63) is 64.2 Å². The van der Waals surface area contributed by atoms with Crippen LogP contribution < -0.4 is 10.1 Å². The van der Waals surface area contributed by atoms with Gasteiger partial charge in [-0.05, 0) is 55.4 Å². The van der Waals surface area contributed by atoms with E-state index in [4.69, 9.17) is 4.74 Å². The molecule has 4 nitrogen and oxygen atoms in total. The second-order valence-corrected chi connectivity index (χ2v) is 7.74. The lowest BCUT2D eigenvalue weighted by Gasteiger charge is -2.18. The number of rotatable bonds is 9. The van der Waals surface area contributed by atoms with Crippen molar-refractivity contribution < 1.29 is 14.6 Å². The van der Waals surface area contributed by atoms with Crippen molar-refractivity contribution >= 4 is 5.97 Å². The minimum atomic E-state index is -0.796. The Hall–Kier alpha value is -2.33. The first kappa shape index (κ1) is 21.0. The summed E-state index contributed by atoms with van der Waals surface area (Å²) in [7, 11) is 0. The van der Waals surface area contributed by atoms with Gasteiger partial charge in [-0.25, -0.2) is 0 Å². The predicted octanol–water partition coefficient (Wildman–Crippen LogP) is 4.78. The number of nitrogens with one attached hydrogen (secondary N) is 1. The van der Waals surface area contributed by atoms with Gasteiger partial charge in [0.05, 0.1) is 0 Å². The Morgan fingerprint density at radius 1 is 1.07 bits per heavy atom. The summed E-state index contributed by atoms with van der Waals surface area (Å²) in [5, 5.41) is 12.5. The van der Waals surface area contributed by atoms with E-state index in [9.17, 15) is 9.90 Å². The van der Waals surface area contributed by atoms with Gasteiger partial charge in [0.15, 0.2) is 0 Å². The monoisotopic (exact) mass is 369 g/mol. The molecule has 0 aliphatic rings. The molecular weight excluding hydrogens is 338 g/mol. The maximum absolute atomic E-state index is 11.4. The number of ether oxygens (including phenoxy) is 1. The van der Waals surface area contributed by atoms with E-state index in [1.165, 1.54) is 5.56 Å². The van der Waals surface area contributed by atoms with Gasteiger partial charge >= 0.3 is 5.97 Å². The van der Waals surface area contributed by atoms with Crippen LogP contribution in [0, 0.1) is 26.7 Å². The second kappa shape index (κ2) is 9.56. The average molecular weight is 370 g/mol. The molecule has 0 saturated heterocycles. The number of carboxylic acids is 1. The van der Waals surface area contributed by atoms with Crippen molar-refractivity contribution in [1.29, 1.82) is 0 Å². The minimum Gasteiger partial charge on any atom is -0.488 e. The third kappa shape index (κ3) is 6.40. The van der Waals surface area contributed by atoms with E-state index in [1.54, 1.807) is 0 Å². The highest BCUT2D eigenvalue weighted by atomic mass is 16.5. The highest BCUT2D eigenvalue weighted by Crippen LogP contribution is 2.26. The molecule has 0 heterocycles. The van der Waals surface area contributed by atoms with E-state index in [0.29, 0.717) is 25.5 Å². The number of aliphatic carboxylic acids is 1. The highest BCUT2D eigenvalue weighted by Gasteiger charge is 2.18. The lowest BCUT2D eigenvalue weighted by atomic mass is 10.0. The number of carbonyl (C=O) groups is 1. The van der Waals surface area contributed by atoms with Crippen LogP contribution in [0.3, 0.4) is 0 Å². The first-order valence-electron chi connectivity index (χ1n) is 9.51. The Morgan fingerprint density at radius 3 is 2.30 bits per heavy atom. The molecule has 2 N–H and O–H groups in total. The van der Waals surface area contributed by atoms with Crippen LogP contribution in [0.2, 0.25) is 0 Å². The van der Waals surface area contributed by atoms with E-state index in [-0.39, 0.29) is 0 Å². The molecular formula is C23H31NO3. The van der Waals surface area contributed by atoms with Gasteiger partial charge in [-0.15, -0.1) is 0 Å². The van der Waals surface area contributed by atoms with Gasteiger partial charge < -0.3 is 15.2 Å². The predicted molar refractivity (Wildman–Crippen MR) is 109 cm³/mol. The molecule has 0 saturated carbocycles. The van der Waals surface area contributed by atoms with Crippen molar-refractivity contribution in [2.24, 2.45) is 5.92 Å². The smallest absolute Gasteiger partial charge is 0.320 e. The summed E-state index contributed by atoms with van der Waals surface area (Å²) < 4.78 is 6.07. The zero-order valence-electron chi connectivity index (χ0n) is 17.0. The number of benzene rings is 2. The summed E-state index contributed by atoms with van der Waals surface area (Å²) in [4.78, 5) is 11.4. The van der Waals surface area contributed by atoms with Crippen LogP contribution in [0.1, 0.15) is 48.1 Å². The summed E-state index contributed by atoms with van der Waals surface area (Å²) in [5.74, 6) is 0.437. The SMILES string of the molecule is Cc1cccc(COc2c(C)cc(CN[C@H](CC(C)C)C(=O)O)cc2C)c1. The molecule has 0 unspecified atom stereocenters. The van der Waals surface area contributed by atoms with Crippen LogP contribution >= 0.6 is 0 Å². The fourth-order valence-corrected chi connectivity index (χ4v) is 3.31. The minimum absolute atomic E-state index is 0.333. The van der Waals surface area contributed by atoms with Crippen LogP contribution in [-0.2, 0) is 17.9 Å². The van der Waals surface area contributed by atoms with Gasteiger partial charge in [0.1, 0.15) is 18.4 Å². The van der Waals surface area contributed by atoms with Gasteiger partial charge in [-0.3, -0.25) is 4.79 Å². The molecule has 0 fully saturated rings. The Bertz CT molecular complexity index is 760. The molecule has 0 radical (unpaired) electrons. The molecule has 4 heteroatoms. The third-order valence-electron chi connectivity index (χ3n) is 4.54. The Kier molecular flexibility index (Phi) is 7.43. The topological polar surface area (TPSA) is 58.6 Å². The van der Waals surface area contributed by atoms with Gasteiger partial charge in [-0.2, -0.15) is 0 Å². The largest absolute Gasteiger partial charge is 0.488 e. The Labute approximate surface area is 162 Å². The van der Waals surface area contributed by atoms with Gasteiger partial charge in [0.2, 0.25) is 0 Å². The summed E-state index contributed by atoms with van der Waals surface area (Å²) in [6.07, 6.45) is 0.616. The molecule has 0 aliphatic carbocycles. The van der Waals surface area contributed by atoms with Crippen molar-refractivity contribution in [3.63, 3.8) is 0 Å². The van der Waals surface area contributed by atoms with E-state index in [0.717, 1.165) is 28.0 Å². The molecule has 1 atom stereocenters. The van der Waals surface area contributed by atoms with Crippen LogP contribution in [0.4, 0.5) is 0 Å². The zero-order valence-corrected chi connectivity index (χ0v) is 17.0. The second-order valence-electron chi connectivity index (χ2n) is 7.74. The highest BCUT2D eigenvalue weighted by molar-refractivity contribution is 5.73. The standard InChI is InChI=1S/C23H31NO3/c1-15(2)9-21(23(25)26)24-13-20-11-17(4)22(18(5)12-20)27-14-19-8-6-7-16(3)10-19/h6-8,10-12,15,21,24H,9,13-14H2,1-5H3,(H,25,26)/t21-/m1/s1. The van der Waals surface area contributed by atoms with Gasteiger partial charge in [0.25, 0.3) is 0 Å². The summed E-state index contributed by atoms with van der Waals surface area (Å²) in [6.45, 7) is 11.3. The lowest BCUT2D eigenvalue weighted by Crippen LogP contribution is -2.37. The van der Waals surface area contributed by atoms with Crippen LogP contribution in [0.25, 0.3) is 0 Å². The first-order valence-corrected chi connectivity index (χ1v) is 9.51. The molecule has 0 aromatic heterocycles. The average Bonchev–Trinajstić information content (AvgIpc) is 2.57. The maximum atomic E-state index is 11.4. The normalized spacial score (nSPS) is 12.2. The lowest BCUT2D eigenvalue weighted by molar-refractivity contribution is -0.140. The molecule has 0 bridgehead atoms. The molecule has 27 heavy (non-hydrogen) atoms. The fourth-order valence-electron chi connectivity index (χ4n) is 3.31. The summed E-state index contributed by atoms with van der Waals surface area (Å²) >= 11 is 0. The van der Waals surface area contributed by atoms with E-state index >= 15 is 0 Å². The molecule has 146 valence electrons. The zero-order chi connectivity index (χ0) is 20.0. The number of hydrogen-bond donors (Lipinski definition) is 2. The van der Waals surface area contributed by atoms with E-state index in [2.05, 4.69) is 42.6 Å².